The highest BCUT2D eigenvalue weighted by Crippen LogP contribution is 2.13. The second-order valence-corrected chi connectivity index (χ2v) is 6.85. The van der Waals surface area contributed by atoms with Crippen molar-refractivity contribution in [2.24, 2.45) is 0 Å². The van der Waals surface area contributed by atoms with Crippen molar-refractivity contribution >= 4 is 23.8 Å². The Morgan fingerprint density at radius 3 is 2.22 bits per heavy atom. The maximum atomic E-state index is 12.1. The van der Waals surface area contributed by atoms with Crippen LogP contribution in [0.25, 0.3) is 0 Å². The van der Waals surface area contributed by atoms with Gasteiger partial charge in [0.25, 0.3) is 11.8 Å². The summed E-state index contributed by atoms with van der Waals surface area (Å²) in [4.78, 5) is 48.2. The molecule has 0 aromatic rings. The molecule has 0 aromatic heterocycles. The molecule has 0 N–H and O–H groups in total. The molecular weight excluding hydrogens is 354 g/mol. The molecule has 0 saturated heterocycles. The summed E-state index contributed by atoms with van der Waals surface area (Å²) in [5.74, 6) is -2.24. The van der Waals surface area contributed by atoms with Gasteiger partial charge in [-0.2, -0.15) is 0 Å². The van der Waals surface area contributed by atoms with E-state index in [4.69, 9.17) is 14.2 Å². The molecule has 27 heavy (non-hydrogen) atoms. The highest BCUT2D eigenvalue weighted by molar-refractivity contribution is 6.14. The van der Waals surface area contributed by atoms with E-state index in [-0.39, 0.29) is 24.0 Å². The lowest BCUT2D eigenvalue weighted by atomic mass is 10.2. The van der Waals surface area contributed by atoms with Crippen LogP contribution < -0.4 is 0 Å². The van der Waals surface area contributed by atoms with Crippen molar-refractivity contribution in [3.05, 3.63) is 24.0 Å². The fraction of sp³-hybridized carbons (Fsp3) is 0.579. The molecular formula is C19H27NO7. The molecule has 0 saturated carbocycles. The average molecular weight is 381 g/mol. The Balaban J connectivity index is 2.38. The first-order chi connectivity index (χ1) is 12.7. The molecule has 1 rings (SSSR count). The predicted molar refractivity (Wildman–Crippen MR) is 96.2 cm³/mol. The van der Waals surface area contributed by atoms with Crippen molar-refractivity contribution < 1.29 is 33.4 Å². The Labute approximate surface area is 159 Å². The summed E-state index contributed by atoms with van der Waals surface area (Å²) >= 11 is 0. The van der Waals surface area contributed by atoms with Crippen LogP contribution in [0, 0.1) is 0 Å². The summed E-state index contributed by atoms with van der Waals surface area (Å²) in [6.07, 6.45) is 5.32. The molecule has 0 spiro atoms. The molecule has 0 unspecified atom stereocenters. The van der Waals surface area contributed by atoms with Gasteiger partial charge in [-0.05, 0) is 47.0 Å². The third kappa shape index (κ3) is 8.06. The van der Waals surface area contributed by atoms with Crippen LogP contribution in [0.1, 0.15) is 47.0 Å². The van der Waals surface area contributed by atoms with E-state index >= 15 is 0 Å². The van der Waals surface area contributed by atoms with Crippen LogP contribution >= 0.6 is 0 Å². The molecule has 0 fully saturated rings. The van der Waals surface area contributed by atoms with Gasteiger partial charge in [-0.3, -0.25) is 14.5 Å². The van der Waals surface area contributed by atoms with Crippen LogP contribution in [0.3, 0.4) is 0 Å². The second-order valence-electron chi connectivity index (χ2n) is 6.85. The van der Waals surface area contributed by atoms with E-state index in [0.29, 0.717) is 32.4 Å². The fourth-order valence-electron chi connectivity index (χ4n) is 2.12. The van der Waals surface area contributed by atoms with E-state index in [1.165, 1.54) is 12.2 Å². The van der Waals surface area contributed by atoms with Crippen molar-refractivity contribution in [1.29, 1.82) is 0 Å². The monoisotopic (exact) mass is 381 g/mol. The van der Waals surface area contributed by atoms with Crippen molar-refractivity contribution in [2.75, 3.05) is 19.8 Å². The minimum atomic E-state index is -0.813. The van der Waals surface area contributed by atoms with Gasteiger partial charge in [-0.1, -0.05) is 0 Å². The highest BCUT2D eigenvalue weighted by atomic mass is 16.6. The van der Waals surface area contributed by atoms with Crippen LogP contribution in [0.5, 0.6) is 0 Å². The Bertz CT molecular complexity index is 610. The summed E-state index contributed by atoms with van der Waals surface area (Å²) < 4.78 is 15.3. The van der Waals surface area contributed by atoms with E-state index in [1.54, 1.807) is 27.7 Å². The number of rotatable bonds is 10. The SMILES string of the molecule is CCOC=C(C(=O)OCCCCCN1C(=O)C=CC1=O)C(=O)OC(C)(C)C. The molecule has 8 heteroatoms. The van der Waals surface area contributed by atoms with Gasteiger partial charge in [-0.15, -0.1) is 0 Å². The maximum Gasteiger partial charge on any atom is 0.349 e. The molecule has 1 heterocycles. The first kappa shape index (κ1) is 22.4. The second kappa shape index (κ2) is 10.5. The lowest BCUT2D eigenvalue weighted by Gasteiger charge is -2.20. The zero-order valence-corrected chi connectivity index (χ0v) is 16.3. The predicted octanol–water partition coefficient (Wildman–Crippen LogP) is 1.89. The number of hydrogen-bond acceptors (Lipinski definition) is 7. The number of ether oxygens (including phenoxy) is 3. The van der Waals surface area contributed by atoms with Crippen molar-refractivity contribution in [3.63, 3.8) is 0 Å². The normalized spacial score (nSPS) is 14.5. The van der Waals surface area contributed by atoms with E-state index in [9.17, 15) is 19.2 Å². The molecule has 150 valence electrons. The topological polar surface area (TPSA) is 99.2 Å². The zero-order chi connectivity index (χ0) is 20.4. The standard InChI is InChI=1S/C19H27NO7/c1-5-25-13-14(18(24)27-19(2,3)4)17(23)26-12-8-6-7-11-20-15(21)9-10-16(20)22/h9-10,13H,5-8,11-12H2,1-4H3. The molecule has 0 aromatic carbocycles. The van der Waals surface area contributed by atoms with Gasteiger partial charge >= 0.3 is 11.9 Å². The summed E-state index contributed by atoms with van der Waals surface area (Å²) in [6.45, 7) is 7.53. The lowest BCUT2D eigenvalue weighted by molar-refractivity contribution is -0.154. The summed E-state index contributed by atoms with van der Waals surface area (Å²) in [7, 11) is 0. The molecule has 2 amide bonds. The Hall–Kier alpha value is -2.64. The number of carbonyl (C=O) groups is 4. The number of hydrogen-bond donors (Lipinski definition) is 0. The molecule has 0 atom stereocenters. The van der Waals surface area contributed by atoms with E-state index in [1.807, 2.05) is 0 Å². The largest absolute Gasteiger partial charge is 0.500 e. The quantitative estimate of drug-likeness (QED) is 0.108. The molecule has 8 nitrogen and oxygen atoms in total. The van der Waals surface area contributed by atoms with Gasteiger partial charge in [0.05, 0.1) is 13.2 Å². The minimum Gasteiger partial charge on any atom is -0.500 e. The van der Waals surface area contributed by atoms with Gasteiger partial charge in [0.1, 0.15) is 11.9 Å². The van der Waals surface area contributed by atoms with Gasteiger partial charge in [0.15, 0.2) is 5.57 Å². The minimum absolute atomic E-state index is 0.102. The molecule has 0 bridgehead atoms. The third-order valence-corrected chi connectivity index (χ3v) is 3.37. The van der Waals surface area contributed by atoms with Gasteiger partial charge in [0, 0.05) is 18.7 Å². The summed E-state index contributed by atoms with van der Waals surface area (Å²) in [5, 5.41) is 0. The van der Waals surface area contributed by atoms with Crippen LogP contribution in [0.2, 0.25) is 0 Å². The molecule has 0 radical (unpaired) electrons. The van der Waals surface area contributed by atoms with Crippen molar-refractivity contribution in [3.8, 4) is 0 Å². The smallest absolute Gasteiger partial charge is 0.349 e. The van der Waals surface area contributed by atoms with E-state index in [0.717, 1.165) is 11.2 Å². The number of esters is 2. The molecule has 0 aliphatic carbocycles. The molecule has 1 aliphatic heterocycles. The highest BCUT2D eigenvalue weighted by Gasteiger charge is 2.27. The zero-order valence-electron chi connectivity index (χ0n) is 16.3. The summed E-state index contributed by atoms with van der Waals surface area (Å²) in [6, 6.07) is 0. The van der Waals surface area contributed by atoms with Crippen molar-refractivity contribution in [1.82, 2.24) is 4.90 Å². The average Bonchev–Trinajstić information content (AvgIpc) is 2.88. The van der Waals surface area contributed by atoms with Gasteiger partial charge in [0.2, 0.25) is 0 Å². The van der Waals surface area contributed by atoms with Gasteiger partial charge < -0.3 is 14.2 Å². The Morgan fingerprint density at radius 1 is 1.04 bits per heavy atom. The van der Waals surface area contributed by atoms with Crippen LogP contribution in [0.15, 0.2) is 24.0 Å². The van der Waals surface area contributed by atoms with Crippen LogP contribution in [0.4, 0.5) is 0 Å². The first-order valence-electron chi connectivity index (χ1n) is 8.91. The van der Waals surface area contributed by atoms with Crippen molar-refractivity contribution in [2.45, 2.75) is 52.6 Å². The lowest BCUT2D eigenvalue weighted by Crippen LogP contribution is -2.30. The number of nitrogens with zero attached hydrogens (tertiary/aromatic N) is 1. The van der Waals surface area contributed by atoms with Crippen LogP contribution in [-0.2, 0) is 33.4 Å². The van der Waals surface area contributed by atoms with Gasteiger partial charge in [-0.25, -0.2) is 9.59 Å². The van der Waals surface area contributed by atoms with E-state index in [2.05, 4.69) is 0 Å². The first-order valence-corrected chi connectivity index (χ1v) is 8.91. The number of carbonyl (C=O) groups excluding carboxylic acids is 4. The van der Waals surface area contributed by atoms with Crippen LogP contribution in [-0.4, -0.2) is 54.0 Å². The Kier molecular flexibility index (Phi) is 8.71. The fourth-order valence-corrected chi connectivity index (χ4v) is 2.12. The third-order valence-electron chi connectivity index (χ3n) is 3.37. The number of amides is 2. The summed E-state index contributed by atoms with van der Waals surface area (Å²) in [5.41, 5.74) is -1.05. The number of imide groups is 1. The molecule has 1 aliphatic rings. The van der Waals surface area contributed by atoms with E-state index < -0.39 is 17.5 Å². The number of unbranched alkanes of at least 4 members (excludes halogenated alkanes) is 2. The maximum absolute atomic E-state index is 12.1. The Morgan fingerprint density at radius 2 is 1.67 bits per heavy atom.